The smallest absolute Gasteiger partial charge is 0.217 e. The summed E-state index contributed by atoms with van der Waals surface area (Å²) in [6, 6.07) is 0. The van der Waals surface area contributed by atoms with Crippen molar-refractivity contribution in [1.29, 1.82) is 0 Å². The van der Waals surface area contributed by atoms with E-state index in [0.29, 0.717) is 11.1 Å². The third-order valence-corrected chi connectivity index (χ3v) is 4.66. The van der Waals surface area contributed by atoms with Crippen LogP contribution in [0.25, 0.3) is 0 Å². The molecule has 0 rings (SSSR count). The number of rotatable bonds is 5. The SMILES string of the molecule is CC(C)=CCO[Si](C(C)C)C(C)C. The summed E-state index contributed by atoms with van der Waals surface area (Å²) in [5.41, 5.74) is 2.75. The van der Waals surface area contributed by atoms with Crippen LogP contribution in [0.2, 0.25) is 11.1 Å². The molecule has 0 spiro atoms. The van der Waals surface area contributed by atoms with Crippen molar-refractivity contribution in [3.05, 3.63) is 11.6 Å². The summed E-state index contributed by atoms with van der Waals surface area (Å²) in [4.78, 5) is 0. The average Bonchev–Trinajstić information content (AvgIpc) is 1.95. The molecule has 0 atom stereocenters. The van der Waals surface area contributed by atoms with Crippen molar-refractivity contribution in [2.45, 2.75) is 52.6 Å². The highest BCUT2D eigenvalue weighted by Crippen LogP contribution is 2.20. The minimum Gasteiger partial charge on any atom is -0.412 e. The second kappa shape index (κ2) is 6.38. The van der Waals surface area contributed by atoms with Crippen LogP contribution in [-0.4, -0.2) is 15.6 Å². The van der Waals surface area contributed by atoms with Crippen molar-refractivity contribution >= 4 is 9.04 Å². The molecule has 0 N–H and O–H groups in total. The fourth-order valence-electron chi connectivity index (χ4n) is 1.30. The molecule has 1 radical (unpaired) electrons. The lowest BCUT2D eigenvalue weighted by Gasteiger charge is -2.21. The predicted octanol–water partition coefficient (Wildman–Crippen LogP) is 3.78. The molecule has 0 saturated heterocycles. The van der Waals surface area contributed by atoms with E-state index in [-0.39, 0.29) is 0 Å². The van der Waals surface area contributed by atoms with E-state index in [1.54, 1.807) is 0 Å². The van der Waals surface area contributed by atoms with Crippen LogP contribution in [0.4, 0.5) is 0 Å². The molecule has 0 heterocycles. The summed E-state index contributed by atoms with van der Waals surface area (Å²) in [6.45, 7) is 14.1. The fourth-order valence-corrected chi connectivity index (χ4v) is 3.58. The molecule has 0 fully saturated rings. The molecule has 0 unspecified atom stereocenters. The summed E-state index contributed by atoms with van der Waals surface area (Å²) in [5.74, 6) is 0. The lowest BCUT2D eigenvalue weighted by molar-refractivity contribution is 0.350. The molecule has 0 aliphatic carbocycles. The van der Waals surface area contributed by atoms with E-state index in [9.17, 15) is 0 Å². The van der Waals surface area contributed by atoms with Crippen molar-refractivity contribution in [2.24, 2.45) is 0 Å². The average molecular weight is 199 g/mol. The minimum absolute atomic E-state index is 0.619. The molecule has 0 saturated carbocycles. The first kappa shape index (κ1) is 12.9. The Labute approximate surface area is 84.9 Å². The van der Waals surface area contributed by atoms with E-state index >= 15 is 0 Å². The monoisotopic (exact) mass is 199 g/mol. The van der Waals surface area contributed by atoms with Crippen LogP contribution in [-0.2, 0) is 4.43 Å². The first-order valence-electron chi connectivity index (χ1n) is 5.08. The zero-order valence-electron chi connectivity index (χ0n) is 9.85. The molecule has 77 valence electrons. The minimum atomic E-state index is -0.619. The molecule has 0 aromatic carbocycles. The van der Waals surface area contributed by atoms with Gasteiger partial charge in [0, 0.05) is 0 Å². The Hall–Kier alpha value is -0.0831. The summed E-state index contributed by atoms with van der Waals surface area (Å²) in [5, 5.41) is 0. The van der Waals surface area contributed by atoms with Crippen molar-refractivity contribution < 1.29 is 4.43 Å². The van der Waals surface area contributed by atoms with Crippen LogP contribution in [0.15, 0.2) is 11.6 Å². The van der Waals surface area contributed by atoms with Gasteiger partial charge in [0.15, 0.2) is 0 Å². The first-order chi connectivity index (χ1) is 5.95. The van der Waals surface area contributed by atoms with Crippen molar-refractivity contribution in [1.82, 2.24) is 0 Å². The van der Waals surface area contributed by atoms with E-state index in [0.717, 1.165) is 6.61 Å². The highest BCUT2D eigenvalue weighted by atomic mass is 28.3. The summed E-state index contributed by atoms with van der Waals surface area (Å²) in [6.07, 6.45) is 2.16. The van der Waals surface area contributed by atoms with Gasteiger partial charge in [0.25, 0.3) is 0 Å². The van der Waals surface area contributed by atoms with Gasteiger partial charge in [-0.1, -0.05) is 39.3 Å². The summed E-state index contributed by atoms with van der Waals surface area (Å²) in [7, 11) is -0.619. The Morgan fingerprint density at radius 2 is 1.62 bits per heavy atom. The molecule has 2 heteroatoms. The molecule has 13 heavy (non-hydrogen) atoms. The lowest BCUT2D eigenvalue weighted by Crippen LogP contribution is -2.25. The van der Waals surface area contributed by atoms with Crippen molar-refractivity contribution in [3.8, 4) is 0 Å². The quantitative estimate of drug-likeness (QED) is 0.483. The van der Waals surface area contributed by atoms with Crippen LogP contribution in [0.3, 0.4) is 0 Å². The molecule has 0 aliphatic rings. The van der Waals surface area contributed by atoms with Crippen LogP contribution in [0.1, 0.15) is 41.5 Å². The van der Waals surface area contributed by atoms with E-state index in [1.807, 2.05) is 0 Å². The van der Waals surface area contributed by atoms with E-state index in [2.05, 4.69) is 47.6 Å². The largest absolute Gasteiger partial charge is 0.412 e. The molecule has 0 bridgehead atoms. The van der Waals surface area contributed by atoms with Crippen molar-refractivity contribution in [2.75, 3.05) is 6.61 Å². The van der Waals surface area contributed by atoms with Gasteiger partial charge >= 0.3 is 0 Å². The first-order valence-corrected chi connectivity index (χ1v) is 6.64. The maximum atomic E-state index is 5.90. The standard InChI is InChI=1S/C11H23OSi/c1-9(2)7-8-12-13(10(3)4)11(5)6/h7,10-11H,8H2,1-6H3. The molecule has 0 aliphatic heterocycles. The number of hydrogen-bond donors (Lipinski definition) is 0. The Kier molecular flexibility index (Phi) is 6.34. The second-order valence-corrected chi connectivity index (χ2v) is 7.71. The Balaban J connectivity index is 3.91. The fraction of sp³-hybridized carbons (Fsp3) is 0.818. The number of allylic oxidation sites excluding steroid dienone is 1. The van der Waals surface area contributed by atoms with Crippen LogP contribution in [0.5, 0.6) is 0 Å². The highest BCUT2D eigenvalue weighted by Gasteiger charge is 2.21. The van der Waals surface area contributed by atoms with E-state index < -0.39 is 9.04 Å². The van der Waals surface area contributed by atoms with E-state index in [1.165, 1.54) is 5.57 Å². The van der Waals surface area contributed by atoms with Gasteiger partial charge in [0.2, 0.25) is 9.04 Å². The van der Waals surface area contributed by atoms with Crippen LogP contribution in [0, 0.1) is 0 Å². The maximum absolute atomic E-state index is 5.90. The third kappa shape index (κ3) is 6.05. The van der Waals surface area contributed by atoms with Gasteiger partial charge in [-0.25, -0.2) is 0 Å². The zero-order valence-corrected chi connectivity index (χ0v) is 10.8. The van der Waals surface area contributed by atoms with Gasteiger partial charge in [0.05, 0.1) is 6.61 Å². The Morgan fingerprint density at radius 1 is 1.15 bits per heavy atom. The van der Waals surface area contributed by atoms with E-state index in [4.69, 9.17) is 4.43 Å². The zero-order chi connectivity index (χ0) is 10.4. The summed E-state index contributed by atoms with van der Waals surface area (Å²) >= 11 is 0. The van der Waals surface area contributed by atoms with Crippen LogP contribution < -0.4 is 0 Å². The molecular formula is C11H23OSi. The highest BCUT2D eigenvalue weighted by molar-refractivity contribution is 6.54. The van der Waals surface area contributed by atoms with Gasteiger partial charge in [-0.15, -0.1) is 0 Å². The van der Waals surface area contributed by atoms with Gasteiger partial charge in [-0.3, -0.25) is 0 Å². The topological polar surface area (TPSA) is 9.23 Å². The maximum Gasteiger partial charge on any atom is 0.217 e. The number of hydrogen-bond acceptors (Lipinski definition) is 1. The van der Waals surface area contributed by atoms with Gasteiger partial charge < -0.3 is 4.43 Å². The second-order valence-electron chi connectivity index (χ2n) is 4.30. The molecule has 0 aromatic rings. The van der Waals surface area contributed by atoms with Gasteiger partial charge in [-0.2, -0.15) is 0 Å². The van der Waals surface area contributed by atoms with Crippen molar-refractivity contribution in [3.63, 3.8) is 0 Å². The van der Waals surface area contributed by atoms with Crippen LogP contribution >= 0.6 is 0 Å². The normalized spacial score (nSPS) is 11.5. The summed E-state index contributed by atoms with van der Waals surface area (Å²) < 4.78 is 5.90. The molecule has 0 amide bonds. The van der Waals surface area contributed by atoms with Gasteiger partial charge in [-0.05, 0) is 24.9 Å². The molecular weight excluding hydrogens is 176 g/mol. The Morgan fingerprint density at radius 3 is 1.92 bits per heavy atom. The predicted molar refractivity (Wildman–Crippen MR) is 61.3 cm³/mol. The molecule has 1 nitrogen and oxygen atoms in total. The lowest BCUT2D eigenvalue weighted by atomic mass is 10.3. The molecule has 0 aromatic heterocycles. The third-order valence-electron chi connectivity index (χ3n) is 1.88. The van der Waals surface area contributed by atoms with Gasteiger partial charge in [0.1, 0.15) is 0 Å². The Bertz CT molecular complexity index is 149.